The summed E-state index contributed by atoms with van der Waals surface area (Å²) in [5, 5.41) is 9.83. The molecule has 0 aliphatic heterocycles. The smallest absolute Gasteiger partial charge is 0.142 e. The summed E-state index contributed by atoms with van der Waals surface area (Å²) in [5.41, 5.74) is 1.70. The molecule has 1 atom stereocenters. The maximum absolute atomic E-state index is 9.83. The van der Waals surface area contributed by atoms with Crippen molar-refractivity contribution in [3.05, 3.63) is 48.2 Å². The SMILES string of the molecule is COc1ccccc1N(C)c1ncccc1C(C)O. The van der Waals surface area contributed by atoms with Crippen LogP contribution in [0.25, 0.3) is 0 Å². The van der Waals surface area contributed by atoms with Gasteiger partial charge in [-0.05, 0) is 25.1 Å². The molecule has 1 aromatic carbocycles. The summed E-state index contributed by atoms with van der Waals surface area (Å²) in [6.45, 7) is 1.73. The number of aromatic nitrogens is 1. The number of pyridine rings is 1. The Hall–Kier alpha value is -2.07. The normalized spacial score (nSPS) is 12.0. The predicted octanol–water partition coefficient (Wildman–Crippen LogP) is 2.91. The number of anilines is 2. The lowest BCUT2D eigenvalue weighted by molar-refractivity contribution is 0.199. The number of hydrogen-bond acceptors (Lipinski definition) is 4. The maximum atomic E-state index is 9.83. The van der Waals surface area contributed by atoms with Crippen molar-refractivity contribution in [1.29, 1.82) is 0 Å². The minimum absolute atomic E-state index is 0.569. The van der Waals surface area contributed by atoms with Crippen molar-refractivity contribution in [3.63, 3.8) is 0 Å². The third-order valence-electron chi connectivity index (χ3n) is 3.03. The van der Waals surface area contributed by atoms with Gasteiger partial charge in [-0.15, -0.1) is 0 Å². The molecular weight excluding hydrogens is 240 g/mol. The number of benzene rings is 1. The average Bonchev–Trinajstić information content (AvgIpc) is 2.46. The number of rotatable bonds is 4. The first-order valence-electron chi connectivity index (χ1n) is 6.15. The highest BCUT2D eigenvalue weighted by molar-refractivity contribution is 5.68. The molecule has 2 rings (SSSR count). The van der Waals surface area contributed by atoms with Gasteiger partial charge < -0.3 is 14.7 Å². The lowest BCUT2D eigenvalue weighted by atomic mass is 10.1. The first-order chi connectivity index (χ1) is 9.15. The van der Waals surface area contributed by atoms with Crippen molar-refractivity contribution in [2.45, 2.75) is 13.0 Å². The minimum Gasteiger partial charge on any atom is -0.495 e. The van der Waals surface area contributed by atoms with E-state index in [0.717, 1.165) is 22.8 Å². The molecule has 19 heavy (non-hydrogen) atoms. The fourth-order valence-corrected chi connectivity index (χ4v) is 2.04. The van der Waals surface area contributed by atoms with E-state index < -0.39 is 6.10 Å². The lowest BCUT2D eigenvalue weighted by Crippen LogP contribution is -2.15. The quantitative estimate of drug-likeness (QED) is 0.916. The Morgan fingerprint density at radius 3 is 2.63 bits per heavy atom. The fourth-order valence-electron chi connectivity index (χ4n) is 2.04. The number of aliphatic hydroxyl groups excluding tert-OH is 1. The summed E-state index contributed by atoms with van der Waals surface area (Å²) in [7, 11) is 3.55. The molecule has 1 N–H and O–H groups in total. The largest absolute Gasteiger partial charge is 0.495 e. The van der Waals surface area contributed by atoms with Crippen LogP contribution in [0.2, 0.25) is 0 Å². The lowest BCUT2D eigenvalue weighted by Gasteiger charge is -2.23. The highest BCUT2D eigenvalue weighted by Gasteiger charge is 2.16. The monoisotopic (exact) mass is 258 g/mol. The van der Waals surface area contributed by atoms with Gasteiger partial charge in [0.15, 0.2) is 0 Å². The Kier molecular flexibility index (Phi) is 4.02. The van der Waals surface area contributed by atoms with Crippen molar-refractivity contribution in [1.82, 2.24) is 4.98 Å². The van der Waals surface area contributed by atoms with Crippen LogP contribution in [0.5, 0.6) is 5.75 Å². The van der Waals surface area contributed by atoms with Crippen LogP contribution in [0, 0.1) is 0 Å². The van der Waals surface area contributed by atoms with Gasteiger partial charge in [-0.25, -0.2) is 4.98 Å². The summed E-state index contributed by atoms with van der Waals surface area (Å²) in [4.78, 5) is 6.28. The highest BCUT2D eigenvalue weighted by Crippen LogP contribution is 2.34. The Bertz CT molecular complexity index is 555. The minimum atomic E-state index is -0.569. The summed E-state index contributed by atoms with van der Waals surface area (Å²) >= 11 is 0. The molecule has 4 nitrogen and oxygen atoms in total. The number of hydrogen-bond donors (Lipinski definition) is 1. The molecule has 1 heterocycles. The average molecular weight is 258 g/mol. The Labute approximate surface area is 113 Å². The van der Waals surface area contributed by atoms with Gasteiger partial charge in [-0.1, -0.05) is 18.2 Å². The van der Waals surface area contributed by atoms with Crippen LogP contribution in [0.15, 0.2) is 42.6 Å². The second-order valence-electron chi connectivity index (χ2n) is 4.32. The zero-order valence-corrected chi connectivity index (χ0v) is 11.4. The van der Waals surface area contributed by atoms with Gasteiger partial charge >= 0.3 is 0 Å². The molecule has 0 aliphatic carbocycles. The summed E-state index contributed by atoms with van der Waals surface area (Å²) in [6.07, 6.45) is 1.15. The molecule has 1 aromatic heterocycles. The predicted molar refractivity (Wildman–Crippen MR) is 75.9 cm³/mol. The van der Waals surface area contributed by atoms with Crippen LogP contribution in [-0.4, -0.2) is 24.2 Å². The first-order valence-corrected chi connectivity index (χ1v) is 6.15. The van der Waals surface area contributed by atoms with E-state index in [0.29, 0.717) is 0 Å². The van der Waals surface area contributed by atoms with Crippen LogP contribution in [0.1, 0.15) is 18.6 Å². The van der Waals surface area contributed by atoms with E-state index in [4.69, 9.17) is 4.74 Å². The van der Waals surface area contributed by atoms with Crippen LogP contribution < -0.4 is 9.64 Å². The summed E-state index contributed by atoms with van der Waals surface area (Å²) in [6, 6.07) is 11.4. The molecule has 0 aliphatic rings. The van der Waals surface area contributed by atoms with Crippen molar-refractivity contribution in [3.8, 4) is 5.75 Å². The van der Waals surface area contributed by atoms with Crippen LogP contribution >= 0.6 is 0 Å². The topological polar surface area (TPSA) is 45.6 Å². The molecule has 4 heteroatoms. The van der Waals surface area contributed by atoms with E-state index in [1.54, 1.807) is 20.2 Å². The molecule has 0 amide bonds. The molecule has 1 unspecified atom stereocenters. The molecule has 0 spiro atoms. The Morgan fingerprint density at radius 2 is 1.95 bits per heavy atom. The molecule has 0 radical (unpaired) electrons. The van der Waals surface area contributed by atoms with Crippen molar-refractivity contribution >= 4 is 11.5 Å². The second-order valence-corrected chi connectivity index (χ2v) is 4.32. The molecule has 2 aromatic rings. The molecule has 0 fully saturated rings. The standard InChI is InChI=1S/C15H18N2O2/c1-11(18)12-7-6-10-16-15(12)17(2)13-8-4-5-9-14(13)19-3/h4-11,18H,1-3H3. The maximum Gasteiger partial charge on any atom is 0.142 e. The van der Waals surface area contributed by atoms with Crippen LogP contribution in [0.3, 0.4) is 0 Å². The van der Waals surface area contributed by atoms with Gasteiger partial charge in [0.25, 0.3) is 0 Å². The van der Waals surface area contributed by atoms with E-state index in [2.05, 4.69) is 4.98 Å². The van der Waals surface area contributed by atoms with E-state index in [1.807, 2.05) is 48.3 Å². The van der Waals surface area contributed by atoms with Crippen LogP contribution in [-0.2, 0) is 0 Å². The van der Waals surface area contributed by atoms with Gasteiger partial charge in [-0.2, -0.15) is 0 Å². The first kappa shape index (κ1) is 13.4. The molecular formula is C15H18N2O2. The second kappa shape index (κ2) is 5.71. The van der Waals surface area contributed by atoms with Gasteiger partial charge in [0.2, 0.25) is 0 Å². The van der Waals surface area contributed by atoms with E-state index >= 15 is 0 Å². The van der Waals surface area contributed by atoms with Crippen molar-refractivity contribution in [2.75, 3.05) is 19.1 Å². The van der Waals surface area contributed by atoms with Crippen molar-refractivity contribution in [2.24, 2.45) is 0 Å². The van der Waals surface area contributed by atoms with Gasteiger partial charge in [0.05, 0.1) is 18.9 Å². The fraction of sp³-hybridized carbons (Fsp3) is 0.267. The number of para-hydroxylation sites is 2. The zero-order chi connectivity index (χ0) is 13.8. The molecule has 0 bridgehead atoms. The summed E-state index contributed by atoms with van der Waals surface area (Å²) < 4.78 is 5.36. The number of ether oxygens (including phenoxy) is 1. The van der Waals surface area contributed by atoms with E-state index in [1.165, 1.54) is 0 Å². The molecule has 100 valence electrons. The molecule has 0 saturated carbocycles. The van der Waals surface area contributed by atoms with Gasteiger partial charge in [0.1, 0.15) is 11.6 Å². The van der Waals surface area contributed by atoms with Gasteiger partial charge in [0, 0.05) is 18.8 Å². The number of aliphatic hydroxyl groups is 1. The van der Waals surface area contributed by atoms with E-state index in [9.17, 15) is 5.11 Å². The van der Waals surface area contributed by atoms with Crippen molar-refractivity contribution < 1.29 is 9.84 Å². The third-order valence-corrected chi connectivity index (χ3v) is 3.03. The molecule has 0 saturated heterocycles. The number of nitrogens with zero attached hydrogens (tertiary/aromatic N) is 2. The van der Waals surface area contributed by atoms with Gasteiger partial charge in [-0.3, -0.25) is 0 Å². The Balaban J connectivity index is 2.47. The van der Waals surface area contributed by atoms with E-state index in [-0.39, 0.29) is 0 Å². The van der Waals surface area contributed by atoms with Crippen LogP contribution in [0.4, 0.5) is 11.5 Å². The highest BCUT2D eigenvalue weighted by atomic mass is 16.5. The third kappa shape index (κ3) is 2.69. The zero-order valence-electron chi connectivity index (χ0n) is 11.4. The summed E-state index contributed by atoms with van der Waals surface area (Å²) in [5.74, 6) is 1.49. The number of methoxy groups -OCH3 is 1. The Morgan fingerprint density at radius 1 is 1.21 bits per heavy atom.